The Kier molecular flexibility index (Phi) is 3.10. The maximum Gasteiger partial charge on any atom is 0.301 e. The van der Waals surface area contributed by atoms with E-state index in [0.29, 0.717) is 13.2 Å². The number of ether oxygens (including phenoxy) is 2. The third-order valence-electron chi connectivity index (χ3n) is 2.22. The molecule has 1 N–H and O–H groups in total. The predicted molar refractivity (Wildman–Crippen MR) is 48.6 cm³/mol. The summed E-state index contributed by atoms with van der Waals surface area (Å²) in [6, 6.07) is 9.97. The van der Waals surface area contributed by atoms with E-state index in [9.17, 15) is 0 Å². The Bertz CT molecular complexity index is 267. The SMILES string of the molecule is OOC1OCC(c2ccccc2)CO1. The molecule has 0 atom stereocenters. The topological polar surface area (TPSA) is 47.9 Å². The molecule has 1 aliphatic heterocycles. The molecule has 0 saturated carbocycles. The summed E-state index contributed by atoms with van der Waals surface area (Å²) in [7, 11) is 0. The molecule has 4 heteroatoms. The first-order chi connectivity index (χ1) is 6.90. The average molecular weight is 196 g/mol. The average Bonchev–Trinajstić information content (AvgIpc) is 2.30. The minimum Gasteiger partial charge on any atom is -0.327 e. The van der Waals surface area contributed by atoms with Gasteiger partial charge in [-0.1, -0.05) is 30.3 Å². The third-order valence-corrected chi connectivity index (χ3v) is 2.22. The summed E-state index contributed by atoms with van der Waals surface area (Å²) in [5.41, 5.74) is 1.17. The van der Waals surface area contributed by atoms with E-state index in [1.165, 1.54) is 5.56 Å². The van der Waals surface area contributed by atoms with Crippen molar-refractivity contribution in [1.29, 1.82) is 0 Å². The Morgan fingerprint density at radius 1 is 1.14 bits per heavy atom. The number of hydrogen-bond donors (Lipinski definition) is 1. The van der Waals surface area contributed by atoms with Gasteiger partial charge in [-0.15, -0.1) is 0 Å². The zero-order chi connectivity index (χ0) is 9.80. The normalized spacial score (nSPS) is 27.5. The Balaban J connectivity index is 1.96. The van der Waals surface area contributed by atoms with Crippen molar-refractivity contribution in [1.82, 2.24) is 0 Å². The van der Waals surface area contributed by atoms with Gasteiger partial charge >= 0.3 is 6.48 Å². The van der Waals surface area contributed by atoms with Crippen LogP contribution in [-0.4, -0.2) is 24.9 Å². The molecular formula is C10H12O4. The molecule has 1 aliphatic rings. The largest absolute Gasteiger partial charge is 0.327 e. The molecule has 4 nitrogen and oxygen atoms in total. The van der Waals surface area contributed by atoms with Crippen molar-refractivity contribution in [2.24, 2.45) is 0 Å². The van der Waals surface area contributed by atoms with E-state index in [0.717, 1.165) is 0 Å². The molecule has 0 spiro atoms. The zero-order valence-electron chi connectivity index (χ0n) is 7.63. The standard InChI is InChI=1S/C10H12O4/c11-14-10-12-6-9(7-13-10)8-4-2-1-3-5-8/h1-5,9-11H,6-7H2. The van der Waals surface area contributed by atoms with Gasteiger partial charge in [-0.05, 0) is 5.56 Å². The summed E-state index contributed by atoms with van der Waals surface area (Å²) in [5.74, 6) is 0.211. The molecule has 0 bridgehead atoms. The van der Waals surface area contributed by atoms with Crippen molar-refractivity contribution in [2.75, 3.05) is 13.2 Å². The van der Waals surface area contributed by atoms with Crippen molar-refractivity contribution in [2.45, 2.75) is 12.4 Å². The van der Waals surface area contributed by atoms with Gasteiger partial charge in [0.2, 0.25) is 0 Å². The summed E-state index contributed by atoms with van der Waals surface area (Å²) < 4.78 is 10.2. The summed E-state index contributed by atoms with van der Waals surface area (Å²) in [6.07, 6.45) is 0. The lowest BCUT2D eigenvalue weighted by Crippen LogP contribution is -2.31. The molecule has 0 radical (unpaired) electrons. The van der Waals surface area contributed by atoms with Crippen molar-refractivity contribution in [3.05, 3.63) is 35.9 Å². The Labute approximate surface area is 81.9 Å². The maximum atomic E-state index is 8.30. The molecule has 14 heavy (non-hydrogen) atoms. The molecule has 0 aliphatic carbocycles. The molecule has 0 aromatic heterocycles. The van der Waals surface area contributed by atoms with E-state index in [2.05, 4.69) is 4.89 Å². The van der Waals surface area contributed by atoms with Gasteiger partial charge in [-0.25, -0.2) is 5.26 Å². The first-order valence-electron chi connectivity index (χ1n) is 4.48. The smallest absolute Gasteiger partial charge is 0.301 e. The lowest BCUT2D eigenvalue weighted by Gasteiger charge is -2.27. The number of rotatable bonds is 2. The van der Waals surface area contributed by atoms with Crippen LogP contribution in [0.15, 0.2) is 30.3 Å². The second-order valence-corrected chi connectivity index (χ2v) is 3.17. The minimum absolute atomic E-state index is 0.211. The maximum absolute atomic E-state index is 8.30. The van der Waals surface area contributed by atoms with Gasteiger partial charge in [-0.3, -0.25) is 0 Å². The molecule has 1 aromatic carbocycles. The van der Waals surface area contributed by atoms with Crippen LogP contribution < -0.4 is 0 Å². The molecule has 1 heterocycles. The van der Waals surface area contributed by atoms with Gasteiger partial charge < -0.3 is 9.47 Å². The molecular weight excluding hydrogens is 184 g/mol. The quantitative estimate of drug-likeness (QED) is 0.576. The van der Waals surface area contributed by atoms with E-state index < -0.39 is 6.48 Å². The lowest BCUT2D eigenvalue weighted by molar-refractivity contribution is -0.436. The van der Waals surface area contributed by atoms with Gasteiger partial charge in [0.25, 0.3) is 0 Å². The first kappa shape index (κ1) is 9.61. The van der Waals surface area contributed by atoms with Crippen LogP contribution in [0.2, 0.25) is 0 Å². The molecule has 2 rings (SSSR count). The molecule has 1 saturated heterocycles. The van der Waals surface area contributed by atoms with Crippen LogP contribution in [0.4, 0.5) is 0 Å². The van der Waals surface area contributed by atoms with Crippen LogP contribution in [0.25, 0.3) is 0 Å². The van der Waals surface area contributed by atoms with Gasteiger partial charge in [0.05, 0.1) is 13.2 Å². The van der Waals surface area contributed by atoms with Crippen LogP contribution in [0.5, 0.6) is 0 Å². The second-order valence-electron chi connectivity index (χ2n) is 3.17. The molecule has 0 amide bonds. The Morgan fingerprint density at radius 3 is 2.36 bits per heavy atom. The fourth-order valence-electron chi connectivity index (χ4n) is 1.46. The predicted octanol–water partition coefficient (Wildman–Crippen LogP) is 1.59. The van der Waals surface area contributed by atoms with Crippen LogP contribution in [0, 0.1) is 0 Å². The van der Waals surface area contributed by atoms with Crippen molar-refractivity contribution >= 4 is 0 Å². The summed E-state index contributed by atoms with van der Waals surface area (Å²) >= 11 is 0. The van der Waals surface area contributed by atoms with Crippen LogP contribution in [0.3, 0.4) is 0 Å². The summed E-state index contributed by atoms with van der Waals surface area (Å²) in [4.78, 5) is 3.93. The van der Waals surface area contributed by atoms with Crippen molar-refractivity contribution in [3.63, 3.8) is 0 Å². The zero-order valence-corrected chi connectivity index (χ0v) is 7.63. The minimum atomic E-state index is -0.935. The van der Waals surface area contributed by atoms with Gasteiger partial charge in [0, 0.05) is 5.92 Å². The summed E-state index contributed by atoms with van der Waals surface area (Å²) in [5, 5.41) is 8.30. The molecule has 1 fully saturated rings. The Hall–Kier alpha value is -0.940. The monoisotopic (exact) mass is 196 g/mol. The fraction of sp³-hybridized carbons (Fsp3) is 0.400. The number of hydrogen-bond acceptors (Lipinski definition) is 4. The van der Waals surface area contributed by atoms with E-state index in [4.69, 9.17) is 14.7 Å². The number of benzene rings is 1. The van der Waals surface area contributed by atoms with Crippen LogP contribution in [0.1, 0.15) is 11.5 Å². The fourth-order valence-corrected chi connectivity index (χ4v) is 1.46. The highest BCUT2D eigenvalue weighted by molar-refractivity contribution is 5.19. The summed E-state index contributed by atoms with van der Waals surface area (Å²) in [6.45, 7) is 0.0553. The van der Waals surface area contributed by atoms with Gasteiger partial charge in [0.15, 0.2) is 0 Å². The van der Waals surface area contributed by atoms with E-state index in [1.54, 1.807) is 0 Å². The van der Waals surface area contributed by atoms with Gasteiger partial charge in [-0.2, -0.15) is 4.89 Å². The van der Waals surface area contributed by atoms with Crippen LogP contribution in [-0.2, 0) is 14.4 Å². The van der Waals surface area contributed by atoms with E-state index in [1.807, 2.05) is 30.3 Å². The van der Waals surface area contributed by atoms with Crippen LogP contribution >= 0.6 is 0 Å². The van der Waals surface area contributed by atoms with Crippen molar-refractivity contribution in [3.8, 4) is 0 Å². The third kappa shape index (κ3) is 2.10. The molecule has 0 unspecified atom stereocenters. The Morgan fingerprint density at radius 2 is 1.79 bits per heavy atom. The highest BCUT2D eigenvalue weighted by Crippen LogP contribution is 2.21. The highest BCUT2D eigenvalue weighted by atomic mass is 17.2. The van der Waals surface area contributed by atoms with E-state index >= 15 is 0 Å². The molecule has 76 valence electrons. The molecule has 1 aromatic rings. The van der Waals surface area contributed by atoms with E-state index in [-0.39, 0.29) is 5.92 Å². The second kappa shape index (κ2) is 4.52. The first-order valence-corrected chi connectivity index (χ1v) is 4.48. The van der Waals surface area contributed by atoms with Gasteiger partial charge in [0.1, 0.15) is 0 Å². The van der Waals surface area contributed by atoms with Crippen molar-refractivity contribution < 1.29 is 19.6 Å². The lowest BCUT2D eigenvalue weighted by atomic mass is 10.0. The highest BCUT2D eigenvalue weighted by Gasteiger charge is 2.23.